The first kappa shape index (κ1) is 73.3. The lowest BCUT2D eigenvalue weighted by atomic mass is 9.47. The summed E-state index contributed by atoms with van der Waals surface area (Å²) in [4.78, 5) is 2.92. The molecule has 0 aliphatic heterocycles. The van der Waals surface area contributed by atoms with Crippen molar-refractivity contribution in [2.45, 2.75) is 5.41 Å². The van der Waals surface area contributed by atoms with E-state index < -0.39 is 5.41 Å². The summed E-state index contributed by atoms with van der Waals surface area (Å²) < 4.78 is 0. The van der Waals surface area contributed by atoms with Gasteiger partial charge in [-0.15, -0.1) is 65.6 Å². The molecule has 0 radical (unpaired) electrons. The van der Waals surface area contributed by atoms with E-state index in [1.807, 2.05) is 0 Å². The van der Waals surface area contributed by atoms with Crippen molar-refractivity contribution in [3.63, 3.8) is 0 Å². The van der Waals surface area contributed by atoms with Crippen LogP contribution in [-0.2, 0) is 5.41 Å². The van der Waals surface area contributed by atoms with E-state index in [1.165, 1.54) is 307 Å². The van der Waals surface area contributed by atoms with Crippen LogP contribution in [0.3, 0.4) is 0 Å². The molecule has 1 nitrogen and oxygen atoms in total. The van der Waals surface area contributed by atoms with Crippen molar-refractivity contribution < 1.29 is 0 Å². The largest absolute Gasteiger partial charge is 0.313 e. The summed E-state index contributed by atoms with van der Waals surface area (Å²) in [5.74, 6) is 0. The van der Waals surface area contributed by atoms with Crippen LogP contribution in [0, 0.1) is 0 Å². The van der Waals surface area contributed by atoms with E-state index in [0.29, 0.717) is 0 Å². The average molecular weight is 1200 g/mol. The summed E-state index contributed by atoms with van der Waals surface area (Å²) >= 11 is 0. The third-order valence-electron chi connectivity index (χ3n) is 28.6. The van der Waals surface area contributed by atoms with Crippen molar-refractivity contribution in [1.29, 1.82) is 0 Å². The van der Waals surface area contributed by atoms with E-state index in [2.05, 4.69) is 311 Å². The summed E-state index contributed by atoms with van der Waals surface area (Å²) in [7, 11) is 94.7. The highest BCUT2D eigenvalue weighted by Gasteiger charge is 2.54. The minimum absolute atomic E-state index is 0.706. The Bertz CT molecular complexity index is 5030. The Labute approximate surface area is 618 Å². The molecule has 97 heavy (non-hydrogen) atoms. The summed E-state index contributed by atoms with van der Waals surface area (Å²) in [6.07, 6.45) is 0. The molecule has 0 spiro atoms. The molecule has 10 aromatic carbocycles. The van der Waals surface area contributed by atoms with Crippen molar-refractivity contribution in [3.8, 4) is 33.4 Å². The van der Waals surface area contributed by atoms with Gasteiger partial charge in [-0.2, -0.15) is 0 Å². The number of benzene rings is 10. The number of hydrogen-bond acceptors (Lipinski definition) is 1. The SMILES string of the molecule is Bc1c(B)c(B)c(C2(c3c(B)c(B)c(B)c(B)c3B)c3c(B)c(B)c(B)c(B)c3-c3c(N(c4c(B)c(B)c(-c5c(B)c(B)c6c(B)c(B)c(B)c(B)c6c5B)c(B)c4B)c4c(B)c(B)c(-c5c(B)c(B)c6c(B)c(B)c(B)c(B)c6c5B)c(B)c4B)c(B)c(B)c(B)c32)c(B)c1B. The molecule has 11 rings (SSSR count). The van der Waals surface area contributed by atoms with Gasteiger partial charge in [0, 0.05) is 22.6 Å². The number of rotatable bonds is 7. The summed E-state index contributed by atoms with van der Waals surface area (Å²) in [6.45, 7) is 0. The van der Waals surface area contributed by atoms with Crippen LogP contribution in [-0.4, -0.2) is 306 Å². The zero-order valence-electron chi connectivity index (χ0n) is 67.9. The maximum atomic E-state index is 2.92. The fraction of sp³-hybridized carbons (Fsp3) is 0.0175. The van der Waals surface area contributed by atoms with E-state index in [0.717, 1.165) is 0 Å². The van der Waals surface area contributed by atoms with Crippen LogP contribution in [0.5, 0.6) is 0 Å². The normalized spacial score (nSPS) is 12.4. The summed E-state index contributed by atoms with van der Waals surface area (Å²) in [6, 6.07) is 0. The van der Waals surface area contributed by atoms with Crippen LogP contribution in [0.25, 0.3) is 54.9 Å². The fourth-order valence-corrected chi connectivity index (χ4v) is 20.3. The van der Waals surface area contributed by atoms with Gasteiger partial charge in [0.25, 0.3) is 0 Å². The van der Waals surface area contributed by atoms with Gasteiger partial charge in [0.1, 0.15) is 306 Å². The van der Waals surface area contributed by atoms with E-state index in [9.17, 15) is 0 Å². The van der Waals surface area contributed by atoms with Crippen molar-refractivity contribution in [2.75, 3.05) is 4.90 Å². The van der Waals surface area contributed by atoms with E-state index >= 15 is 0 Å². The fourth-order valence-electron chi connectivity index (χ4n) is 20.3. The maximum absolute atomic E-state index is 2.92. The van der Waals surface area contributed by atoms with E-state index in [4.69, 9.17) is 0 Å². The van der Waals surface area contributed by atoms with Gasteiger partial charge in [-0.3, -0.25) is 0 Å². The van der Waals surface area contributed by atoms with Crippen molar-refractivity contribution >= 4 is 558 Å². The highest BCUT2D eigenvalue weighted by atomic mass is 15.2. The van der Waals surface area contributed by atoms with Crippen LogP contribution >= 0.6 is 0 Å². The molecular weight excluding hydrogens is 1120 g/mol. The van der Waals surface area contributed by atoms with E-state index in [1.54, 1.807) is 0 Å². The van der Waals surface area contributed by atoms with Gasteiger partial charge in [-0.25, -0.2) is 0 Å². The Hall–Kier alpha value is -4.95. The van der Waals surface area contributed by atoms with Crippen LogP contribution in [0.1, 0.15) is 22.3 Å². The lowest BCUT2D eigenvalue weighted by Gasteiger charge is -2.45. The Morgan fingerprint density at radius 1 is 0.124 bits per heavy atom. The number of fused-ring (bicyclic) bond motifs is 5. The number of hydrogen-bond donors (Lipinski definition) is 0. The minimum atomic E-state index is -0.706. The molecular formula is C57H78B39N. The maximum Gasteiger partial charge on any atom is 0.141 e. The van der Waals surface area contributed by atoms with Crippen molar-refractivity contribution in [1.82, 2.24) is 0 Å². The Morgan fingerprint density at radius 2 is 0.289 bits per heavy atom. The van der Waals surface area contributed by atoms with Gasteiger partial charge in [-0.05, 0) is 71.6 Å². The summed E-state index contributed by atoms with van der Waals surface area (Å²) in [5.41, 5.74) is 71.3. The molecule has 0 saturated heterocycles. The molecule has 0 saturated carbocycles. The second kappa shape index (κ2) is 24.9. The van der Waals surface area contributed by atoms with Crippen LogP contribution < -0.4 is 218 Å². The molecule has 0 atom stereocenters. The average Bonchev–Trinajstić information content (AvgIpc) is 1.51. The Kier molecular flexibility index (Phi) is 18.8. The zero-order valence-corrected chi connectivity index (χ0v) is 67.9. The van der Waals surface area contributed by atoms with Gasteiger partial charge < -0.3 is 4.90 Å². The molecule has 40 heteroatoms. The first-order chi connectivity index (χ1) is 45.0. The molecule has 0 aromatic heterocycles. The zero-order chi connectivity index (χ0) is 72.4. The molecule has 428 valence electrons. The molecule has 0 amide bonds. The number of anilines is 3. The van der Waals surface area contributed by atoms with E-state index in [-0.39, 0.29) is 0 Å². The third-order valence-corrected chi connectivity index (χ3v) is 28.6. The molecule has 0 fully saturated rings. The first-order valence-electron chi connectivity index (χ1n) is 36.4. The highest BCUT2D eigenvalue weighted by molar-refractivity contribution is 6.78. The second-order valence-electron chi connectivity index (χ2n) is 31.8. The van der Waals surface area contributed by atoms with Crippen LogP contribution in [0.4, 0.5) is 17.1 Å². The third kappa shape index (κ3) is 9.54. The molecule has 1 aliphatic rings. The van der Waals surface area contributed by atoms with Crippen LogP contribution in [0.15, 0.2) is 0 Å². The molecule has 0 N–H and O–H groups in total. The quantitative estimate of drug-likeness (QED) is 0.144. The number of nitrogens with zero attached hydrogens (tertiary/aromatic N) is 1. The minimum Gasteiger partial charge on any atom is -0.313 e. The van der Waals surface area contributed by atoms with Gasteiger partial charge in [0.2, 0.25) is 0 Å². The lowest BCUT2D eigenvalue weighted by molar-refractivity contribution is 0.805. The van der Waals surface area contributed by atoms with Gasteiger partial charge >= 0.3 is 0 Å². The highest BCUT2D eigenvalue weighted by Crippen LogP contribution is 2.55. The van der Waals surface area contributed by atoms with Gasteiger partial charge in [0.15, 0.2) is 0 Å². The predicted octanol–water partition coefficient (Wildman–Crippen LogP) is -52.8. The summed E-state index contributed by atoms with van der Waals surface area (Å²) in [5, 5.41) is 5.71. The van der Waals surface area contributed by atoms with Crippen LogP contribution in [0.2, 0.25) is 0 Å². The molecule has 10 aromatic rings. The standard InChI is InChI=1S/C57H78B39N/c58-15-3(18(61)20(63)7-5(15)22(65)37(80)39(82)24(7)67)9-26(69)49(92)55(50(93)27(9)70)97(56-51(94)28(71)10(29(72)52(56)95)4-16(59)6-8(21(64)19(4)62)25(68)40(83)38(81)23(6)66)54-2-1-11(30(73)41(84)36(79)17(1)60)57(12(2)31(74)46(89)53(54)96,13-32(75)42(85)47(90)43(86)33(13)76)14-34(77)44(87)48(91)45(88)35(14)78/h58-96H2. The van der Waals surface area contributed by atoms with Crippen molar-refractivity contribution in [3.05, 3.63) is 22.3 Å². The van der Waals surface area contributed by atoms with Crippen molar-refractivity contribution in [2.24, 2.45) is 0 Å². The topological polar surface area (TPSA) is 3.24 Å². The molecule has 0 bridgehead atoms. The smallest absolute Gasteiger partial charge is 0.141 e. The second-order valence-corrected chi connectivity index (χ2v) is 31.8. The molecule has 1 aliphatic carbocycles. The molecule has 0 unspecified atom stereocenters. The molecule has 0 heterocycles. The monoisotopic (exact) mass is 1210 g/mol. The lowest BCUT2D eigenvalue weighted by Crippen LogP contribution is -2.65. The van der Waals surface area contributed by atoms with Gasteiger partial charge in [-0.1, -0.05) is 147 Å². The predicted molar refractivity (Wildman–Crippen MR) is 563 cm³/mol. The first-order valence-corrected chi connectivity index (χ1v) is 36.4. The Morgan fingerprint density at radius 3 is 0.577 bits per heavy atom. The van der Waals surface area contributed by atoms with Gasteiger partial charge in [0.05, 0.1) is 5.41 Å². The Balaban J connectivity index is 1.44.